The van der Waals surface area contributed by atoms with Crippen LogP contribution in [0.25, 0.3) is 10.8 Å². The molecule has 0 aliphatic heterocycles. The average molecular weight is 333 g/mol. The zero-order valence-electron chi connectivity index (χ0n) is 14.2. The minimum atomic E-state index is -0.420. The van der Waals surface area contributed by atoms with Crippen LogP contribution in [0.4, 0.5) is 0 Å². The monoisotopic (exact) mass is 333 g/mol. The van der Waals surface area contributed by atoms with Crippen molar-refractivity contribution in [1.82, 2.24) is 5.32 Å². The fourth-order valence-corrected chi connectivity index (χ4v) is 2.86. The van der Waals surface area contributed by atoms with Gasteiger partial charge in [-0.15, -0.1) is 0 Å². The fourth-order valence-electron chi connectivity index (χ4n) is 2.86. The Hall–Kier alpha value is -3.14. The van der Waals surface area contributed by atoms with Crippen molar-refractivity contribution < 1.29 is 14.3 Å². The van der Waals surface area contributed by atoms with Crippen LogP contribution in [0, 0.1) is 0 Å². The molecule has 1 atom stereocenters. The Kier molecular flexibility index (Phi) is 4.80. The van der Waals surface area contributed by atoms with Gasteiger partial charge in [0, 0.05) is 5.56 Å². The predicted octanol–water partition coefficient (Wildman–Crippen LogP) is 4.12. The SMILES string of the molecule is COC(=O)c1ccc(C(=O)NC(C)c2cccc3ccccc23)cc1. The molecule has 126 valence electrons. The van der Waals surface area contributed by atoms with Crippen LogP contribution in [0.1, 0.15) is 39.2 Å². The van der Waals surface area contributed by atoms with Gasteiger partial charge in [-0.1, -0.05) is 42.5 Å². The molecular formula is C21H19NO3. The minimum Gasteiger partial charge on any atom is -0.465 e. The molecule has 0 aliphatic carbocycles. The van der Waals surface area contributed by atoms with Gasteiger partial charge in [-0.05, 0) is 47.5 Å². The molecule has 3 rings (SSSR count). The number of hydrogen-bond donors (Lipinski definition) is 1. The van der Waals surface area contributed by atoms with E-state index in [0.717, 1.165) is 16.3 Å². The van der Waals surface area contributed by atoms with Crippen molar-refractivity contribution in [3.63, 3.8) is 0 Å². The Bertz CT molecular complexity index is 911. The van der Waals surface area contributed by atoms with Gasteiger partial charge in [0.1, 0.15) is 0 Å². The van der Waals surface area contributed by atoms with Gasteiger partial charge in [0.25, 0.3) is 5.91 Å². The van der Waals surface area contributed by atoms with E-state index in [0.29, 0.717) is 11.1 Å². The first-order valence-corrected chi connectivity index (χ1v) is 8.07. The van der Waals surface area contributed by atoms with Crippen LogP contribution in [-0.4, -0.2) is 19.0 Å². The number of hydrogen-bond acceptors (Lipinski definition) is 3. The van der Waals surface area contributed by atoms with Crippen LogP contribution in [0.15, 0.2) is 66.7 Å². The zero-order chi connectivity index (χ0) is 17.8. The van der Waals surface area contributed by atoms with Gasteiger partial charge in [-0.3, -0.25) is 4.79 Å². The predicted molar refractivity (Wildman–Crippen MR) is 97.6 cm³/mol. The summed E-state index contributed by atoms with van der Waals surface area (Å²) in [5, 5.41) is 5.28. The molecule has 4 heteroatoms. The van der Waals surface area contributed by atoms with Gasteiger partial charge >= 0.3 is 5.97 Å². The van der Waals surface area contributed by atoms with Gasteiger partial charge in [0.05, 0.1) is 18.7 Å². The average Bonchev–Trinajstić information content (AvgIpc) is 2.66. The lowest BCUT2D eigenvalue weighted by Crippen LogP contribution is -2.26. The third-order valence-corrected chi connectivity index (χ3v) is 4.21. The molecule has 25 heavy (non-hydrogen) atoms. The molecule has 0 spiro atoms. The van der Waals surface area contributed by atoms with E-state index in [1.54, 1.807) is 24.3 Å². The summed E-state index contributed by atoms with van der Waals surface area (Å²) in [5.41, 5.74) is 1.98. The number of ether oxygens (including phenoxy) is 1. The van der Waals surface area contributed by atoms with E-state index in [-0.39, 0.29) is 11.9 Å². The van der Waals surface area contributed by atoms with Crippen LogP contribution in [-0.2, 0) is 4.74 Å². The molecule has 0 saturated heterocycles. The lowest BCUT2D eigenvalue weighted by molar-refractivity contribution is 0.0600. The highest BCUT2D eigenvalue weighted by Crippen LogP contribution is 2.24. The van der Waals surface area contributed by atoms with E-state index >= 15 is 0 Å². The van der Waals surface area contributed by atoms with Gasteiger partial charge in [-0.25, -0.2) is 4.79 Å². The second kappa shape index (κ2) is 7.18. The molecular weight excluding hydrogens is 314 g/mol. The Morgan fingerprint density at radius 3 is 2.24 bits per heavy atom. The molecule has 3 aromatic carbocycles. The topological polar surface area (TPSA) is 55.4 Å². The van der Waals surface area contributed by atoms with Crippen LogP contribution in [0.5, 0.6) is 0 Å². The highest BCUT2D eigenvalue weighted by Gasteiger charge is 2.14. The molecule has 4 nitrogen and oxygen atoms in total. The molecule has 3 aromatic rings. The summed E-state index contributed by atoms with van der Waals surface area (Å²) in [4.78, 5) is 23.9. The highest BCUT2D eigenvalue weighted by molar-refractivity contribution is 5.96. The first-order valence-electron chi connectivity index (χ1n) is 8.07. The van der Waals surface area contributed by atoms with Gasteiger partial charge in [0.2, 0.25) is 0 Å². The molecule has 1 unspecified atom stereocenters. The Labute approximate surface area is 146 Å². The van der Waals surface area contributed by atoms with Crippen LogP contribution < -0.4 is 5.32 Å². The number of amides is 1. The number of benzene rings is 3. The molecule has 0 saturated carbocycles. The van der Waals surface area contributed by atoms with E-state index in [1.807, 2.05) is 31.2 Å². The van der Waals surface area contributed by atoms with Crippen molar-refractivity contribution in [2.75, 3.05) is 7.11 Å². The smallest absolute Gasteiger partial charge is 0.337 e. The second-order valence-electron chi connectivity index (χ2n) is 5.83. The molecule has 0 bridgehead atoms. The third kappa shape index (κ3) is 3.53. The van der Waals surface area contributed by atoms with E-state index in [4.69, 9.17) is 0 Å². The van der Waals surface area contributed by atoms with Crippen molar-refractivity contribution in [2.45, 2.75) is 13.0 Å². The Balaban J connectivity index is 1.79. The van der Waals surface area contributed by atoms with E-state index in [1.165, 1.54) is 7.11 Å². The summed E-state index contributed by atoms with van der Waals surface area (Å²) in [6.07, 6.45) is 0. The van der Waals surface area contributed by atoms with E-state index in [2.05, 4.69) is 28.3 Å². The summed E-state index contributed by atoms with van der Waals surface area (Å²) >= 11 is 0. The maximum atomic E-state index is 12.5. The van der Waals surface area contributed by atoms with Crippen LogP contribution in [0.3, 0.4) is 0 Å². The molecule has 0 fully saturated rings. The third-order valence-electron chi connectivity index (χ3n) is 4.21. The molecule has 0 heterocycles. The van der Waals surface area contributed by atoms with E-state index < -0.39 is 5.97 Å². The zero-order valence-corrected chi connectivity index (χ0v) is 14.2. The summed E-state index contributed by atoms with van der Waals surface area (Å²) in [6.45, 7) is 1.96. The molecule has 0 aromatic heterocycles. The molecule has 1 N–H and O–H groups in total. The highest BCUT2D eigenvalue weighted by atomic mass is 16.5. The van der Waals surface area contributed by atoms with Gasteiger partial charge in [-0.2, -0.15) is 0 Å². The van der Waals surface area contributed by atoms with E-state index in [9.17, 15) is 9.59 Å². The number of rotatable bonds is 4. The standard InChI is InChI=1S/C21H19NO3/c1-14(18-9-5-7-15-6-3-4-8-19(15)18)22-20(23)16-10-12-17(13-11-16)21(24)25-2/h3-14H,1-2H3,(H,22,23). The minimum absolute atomic E-state index is 0.140. The summed E-state index contributed by atoms with van der Waals surface area (Å²) < 4.78 is 4.66. The van der Waals surface area contributed by atoms with Crippen molar-refractivity contribution in [2.24, 2.45) is 0 Å². The van der Waals surface area contributed by atoms with Crippen LogP contribution in [0.2, 0.25) is 0 Å². The largest absolute Gasteiger partial charge is 0.465 e. The molecule has 0 radical (unpaired) electrons. The first kappa shape index (κ1) is 16.7. The fraction of sp³-hybridized carbons (Fsp3) is 0.143. The number of carbonyl (C=O) groups is 2. The van der Waals surface area contributed by atoms with Gasteiger partial charge < -0.3 is 10.1 Å². The normalized spacial score (nSPS) is 11.8. The number of carbonyl (C=O) groups excluding carboxylic acids is 2. The maximum absolute atomic E-state index is 12.5. The van der Waals surface area contributed by atoms with Crippen molar-refractivity contribution in [3.05, 3.63) is 83.4 Å². The maximum Gasteiger partial charge on any atom is 0.337 e. The molecule has 0 aliphatic rings. The number of methoxy groups -OCH3 is 1. The Morgan fingerprint density at radius 1 is 0.880 bits per heavy atom. The number of nitrogens with one attached hydrogen (secondary N) is 1. The van der Waals surface area contributed by atoms with Crippen molar-refractivity contribution in [1.29, 1.82) is 0 Å². The summed E-state index contributed by atoms with van der Waals surface area (Å²) in [6, 6.07) is 20.4. The summed E-state index contributed by atoms with van der Waals surface area (Å²) in [7, 11) is 1.33. The summed E-state index contributed by atoms with van der Waals surface area (Å²) in [5.74, 6) is -0.604. The lowest BCUT2D eigenvalue weighted by Gasteiger charge is -2.17. The van der Waals surface area contributed by atoms with Crippen molar-refractivity contribution in [3.8, 4) is 0 Å². The quantitative estimate of drug-likeness (QED) is 0.731. The first-order chi connectivity index (χ1) is 12.1. The van der Waals surface area contributed by atoms with Crippen molar-refractivity contribution >= 4 is 22.6 Å². The van der Waals surface area contributed by atoms with Crippen LogP contribution >= 0.6 is 0 Å². The number of esters is 1. The lowest BCUT2D eigenvalue weighted by atomic mass is 9.99. The second-order valence-corrected chi connectivity index (χ2v) is 5.83. The number of fused-ring (bicyclic) bond motifs is 1. The molecule has 1 amide bonds. The Morgan fingerprint density at radius 2 is 1.52 bits per heavy atom. The van der Waals surface area contributed by atoms with Gasteiger partial charge in [0.15, 0.2) is 0 Å².